The number of carbonyl (C=O) groups excluding carboxylic acids is 1. The van der Waals surface area contributed by atoms with Crippen LogP contribution in [0.3, 0.4) is 0 Å². The number of hydrazone groups is 1. The van der Waals surface area contributed by atoms with Crippen LogP contribution in [0.15, 0.2) is 41.5 Å². The summed E-state index contributed by atoms with van der Waals surface area (Å²) in [4.78, 5) is 11.4. The lowest BCUT2D eigenvalue weighted by atomic mass is 10.2. The summed E-state index contributed by atoms with van der Waals surface area (Å²) in [7, 11) is 0. The largest absolute Gasteiger partial charge is 0.273 e. The normalized spacial score (nSPS) is 11.2. The minimum Gasteiger partial charge on any atom is -0.273 e. The summed E-state index contributed by atoms with van der Waals surface area (Å²) in [6.07, 6.45) is 5.16. The van der Waals surface area contributed by atoms with Crippen LogP contribution in [-0.4, -0.2) is 32.7 Å². The molecule has 7 nitrogen and oxygen atoms in total. The van der Waals surface area contributed by atoms with E-state index in [2.05, 4.69) is 31.2 Å². The highest BCUT2D eigenvalue weighted by molar-refractivity contribution is 5.81. The zero-order chi connectivity index (χ0) is 13.3. The first kappa shape index (κ1) is 12.6. The molecule has 1 aromatic carbocycles. The molecule has 0 radical (unpaired) electrons. The zero-order valence-corrected chi connectivity index (χ0v) is 10.0. The van der Waals surface area contributed by atoms with Gasteiger partial charge in [-0.2, -0.15) is 10.3 Å². The Morgan fingerprint density at radius 1 is 1.37 bits per heavy atom. The second kappa shape index (κ2) is 6.80. The van der Waals surface area contributed by atoms with Crippen molar-refractivity contribution in [2.75, 3.05) is 0 Å². The van der Waals surface area contributed by atoms with E-state index in [1.54, 1.807) is 6.08 Å². The molecule has 1 heterocycles. The number of nitrogens with zero attached hydrogens (tertiary/aromatic N) is 4. The number of amides is 1. The second-order valence-corrected chi connectivity index (χ2v) is 3.59. The number of hydrogen-bond donors (Lipinski definition) is 2. The Balaban J connectivity index is 1.74. The predicted molar refractivity (Wildman–Crippen MR) is 70.0 cm³/mol. The van der Waals surface area contributed by atoms with Crippen molar-refractivity contribution in [1.29, 1.82) is 0 Å². The van der Waals surface area contributed by atoms with E-state index >= 15 is 0 Å². The number of H-pyrrole nitrogens is 1. The van der Waals surface area contributed by atoms with Gasteiger partial charge in [-0.1, -0.05) is 41.6 Å². The van der Waals surface area contributed by atoms with Crippen LogP contribution < -0.4 is 5.43 Å². The van der Waals surface area contributed by atoms with Crippen molar-refractivity contribution < 1.29 is 4.79 Å². The lowest BCUT2D eigenvalue weighted by Gasteiger charge is -1.93. The maximum atomic E-state index is 11.4. The summed E-state index contributed by atoms with van der Waals surface area (Å²) < 4.78 is 0. The van der Waals surface area contributed by atoms with Crippen LogP contribution in [0.5, 0.6) is 0 Å². The van der Waals surface area contributed by atoms with Gasteiger partial charge >= 0.3 is 0 Å². The predicted octanol–water partition coefficient (Wildman–Crippen LogP) is 0.558. The SMILES string of the molecule is O=C(Cc1nn[nH]n1)N/N=C\C=C\c1ccccc1. The third-order valence-corrected chi connectivity index (χ3v) is 2.15. The molecule has 0 saturated carbocycles. The van der Waals surface area contributed by atoms with Crippen LogP contribution in [0.1, 0.15) is 11.4 Å². The van der Waals surface area contributed by atoms with Crippen molar-refractivity contribution in [3.63, 3.8) is 0 Å². The molecule has 0 aliphatic rings. The maximum Gasteiger partial charge on any atom is 0.247 e. The van der Waals surface area contributed by atoms with Gasteiger partial charge in [0.15, 0.2) is 5.82 Å². The molecule has 2 N–H and O–H groups in total. The molecule has 0 spiro atoms. The highest BCUT2D eigenvalue weighted by atomic mass is 16.2. The summed E-state index contributed by atoms with van der Waals surface area (Å²) in [5.41, 5.74) is 3.43. The van der Waals surface area contributed by atoms with Gasteiger partial charge in [-0.15, -0.1) is 10.2 Å². The fraction of sp³-hybridized carbons (Fsp3) is 0.0833. The van der Waals surface area contributed by atoms with Crippen molar-refractivity contribution in [3.05, 3.63) is 47.8 Å². The van der Waals surface area contributed by atoms with Gasteiger partial charge in [-0.25, -0.2) is 5.43 Å². The van der Waals surface area contributed by atoms with E-state index in [1.807, 2.05) is 36.4 Å². The van der Waals surface area contributed by atoms with Gasteiger partial charge < -0.3 is 0 Å². The molecular formula is C12H12N6O. The Labute approximate surface area is 109 Å². The van der Waals surface area contributed by atoms with Crippen LogP contribution in [0.4, 0.5) is 0 Å². The molecule has 0 fully saturated rings. The molecular weight excluding hydrogens is 244 g/mol. The first-order valence-corrected chi connectivity index (χ1v) is 5.60. The van der Waals surface area contributed by atoms with Crippen molar-refractivity contribution >= 4 is 18.2 Å². The lowest BCUT2D eigenvalue weighted by molar-refractivity contribution is -0.120. The number of aromatic amines is 1. The number of aromatic nitrogens is 4. The van der Waals surface area contributed by atoms with Crippen molar-refractivity contribution in [2.45, 2.75) is 6.42 Å². The maximum absolute atomic E-state index is 11.4. The van der Waals surface area contributed by atoms with Crippen LogP contribution in [0.2, 0.25) is 0 Å². The lowest BCUT2D eigenvalue weighted by Crippen LogP contribution is -2.20. The van der Waals surface area contributed by atoms with Gasteiger partial charge in [0.05, 0.1) is 6.42 Å². The standard InChI is InChI=1S/C12H12N6O/c19-12(9-11-14-17-18-15-11)16-13-8-4-7-10-5-2-1-3-6-10/h1-8H,9H2,(H,16,19)(H,14,15,17,18)/b7-4+,13-8-. The second-order valence-electron chi connectivity index (χ2n) is 3.59. The fourth-order valence-electron chi connectivity index (χ4n) is 1.31. The van der Waals surface area contributed by atoms with E-state index in [-0.39, 0.29) is 12.3 Å². The summed E-state index contributed by atoms with van der Waals surface area (Å²) in [6.45, 7) is 0. The minimum absolute atomic E-state index is 0.0379. The number of allylic oxidation sites excluding steroid dienone is 1. The molecule has 0 bridgehead atoms. The molecule has 0 aliphatic carbocycles. The molecule has 1 amide bonds. The van der Waals surface area contributed by atoms with Crippen LogP contribution in [0.25, 0.3) is 6.08 Å². The number of nitrogens with one attached hydrogen (secondary N) is 2. The molecule has 0 saturated heterocycles. The van der Waals surface area contributed by atoms with Gasteiger partial charge in [0, 0.05) is 6.21 Å². The van der Waals surface area contributed by atoms with E-state index in [9.17, 15) is 4.79 Å². The van der Waals surface area contributed by atoms with Crippen molar-refractivity contribution in [3.8, 4) is 0 Å². The van der Waals surface area contributed by atoms with E-state index in [1.165, 1.54) is 6.21 Å². The molecule has 0 atom stereocenters. The number of carbonyl (C=O) groups is 1. The summed E-state index contributed by atoms with van der Waals surface area (Å²) >= 11 is 0. The van der Waals surface area contributed by atoms with Gasteiger partial charge in [-0.05, 0) is 11.6 Å². The van der Waals surface area contributed by atoms with E-state index in [0.717, 1.165) is 5.56 Å². The van der Waals surface area contributed by atoms with Gasteiger partial charge in [0.1, 0.15) is 0 Å². The van der Waals surface area contributed by atoms with Crippen LogP contribution in [0, 0.1) is 0 Å². The van der Waals surface area contributed by atoms with Crippen molar-refractivity contribution in [1.82, 2.24) is 26.0 Å². The van der Waals surface area contributed by atoms with Gasteiger partial charge in [-0.3, -0.25) is 4.79 Å². The number of hydrogen-bond acceptors (Lipinski definition) is 5. The Morgan fingerprint density at radius 2 is 2.21 bits per heavy atom. The minimum atomic E-state index is -0.300. The zero-order valence-electron chi connectivity index (χ0n) is 10.0. The van der Waals surface area contributed by atoms with E-state index < -0.39 is 0 Å². The Hall–Kier alpha value is -2.83. The molecule has 19 heavy (non-hydrogen) atoms. The Morgan fingerprint density at radius 3 is 2.95 bits per heavy atom. The third-order valence-electron chi connectivity index (χ3n) is 2.15. The summed E-state index contributed by atoms with van der Waals surface area (Å²) in [5, 5.41) is 16.7. The average molecular weight is 256 g/mol. The number of tetrazole rings is 1. The summed E-state index contributed by atoms with van der Waals surface area (Å²) in [6, 6.07) is 9.79. The number of rotatable bonds is 5. The van der Waals surface area contributed by atoms with E-state index in [0.29, 0.717) is 5.82 Å². The molecule has 0 unspecified atom stereocenters. The molecule has 7 heteroatoms. The number of benzene rings is 1. The molecule has 1 aromatic heterocycles. The molecule has 2 rings (SSSR count). The fourth-order valence-corrected chi connectivity index (χ4v) is 1.31. The van der Waals surface area contributed by atoms with E-state index in [4.69, 9.17) is 0 Å². The highest BCUT2D eigenvalue weighted by Gasteiger charge is 2.04. The summed E-state index contributed by atoms with van der Waals surface area (Å²) in [5.74, 6) is 0.0262. The third kappa shape index (κ3) is 4.50. The van der Waals surface area contributed by atoms with Gasteiger partial charge in [0.25, 0.3) is 0 Å². The first-order chi connectivity index (χ1) is 9.34. The molecule has 2 aromatic rings. The Kier molecular flexibility index (Phi) is 4.52. The monoisotopic (exact) mass is 256 g/mol. The van der Waals surface area contributed by atoms with Crippen LogP contribution in [-0.2, 0) is 11.2 Å². The topological polar surface area (TPSA) is 95.9 Å². The molecule has 0 aliphatic heterocycles. The van der Waals surface area contributed by atoms with Gasteiger partial charge in [0.2, 0.25) is 5.91 Å². The smallest absolute Gasteiger partial charge is 0.247 e. The Bertz CT molecular complexity index is 561. The quantitative estimate of drug-likeness (QED) is 0.603. The first-order valence-electron chi connectivity index (χ1n) is 5.60. The van der Waals surface area contributed by atoms with Crippen molar-refractivity contribution in [2.24, 2.45) is 5.10 Å². The van der Waals surface area contributed by atoms with Crippen LogP contribution >= 0.6 is 0 Å². The molecule has 96 valence electrons. The average Bonchev–Trinajstić information content (AvgIpc) is 2.92. The highest BCUT2D eigenvalue weighted by Crippen LogP contribution is 1.99.